The molecule has 31 heavy (non-hydrogen) atoms. The zero-order chi connectivity index (χ0) is 22.2. The first-order valence-electron chi connectivity index (χ1n) is 10.8. The van der Waals surface area contributed by atoms with Crippen molar-refractivity contribution in [3.8, 4) is 0 Å². The van der Waals surface area contributed by atoms with Crippen molar-refractivity contribution in [3.63, 3.8) is 0 Å². The van der Waals surface area contributed by atoms with Gasteiger partial charge in [-0.25, -0.2) is 0 Å². The Balaban J connectivity index is 1.58. The summed E-state index contributed by atoms with van der Waals surface area (Å²) in [6.45, 7) is -0.0496. The number of unbranched alkanes of at least 4 members (excludes halogenated alkanes) is 1. The molecular formula is C25H30O5S. The van der Waals surface area contributed by atoms with Crippen LogP contribution in [0.5, 0.6) is 0 Å². The molecule has 3 N–H and O–H groups in total. The largest absolute Gasteiger partial charge is 0.481 e. The molecule has 0 saturated heterocycles. The summed E-state index contributed by atoms with van der Waals surface area (Å²) in [5, 5.41) is 30.1. The van der Waals surface area contributed by atoms with Crippen LogP contribution in [0.25, 0.3) is 10.1 Å². The molecule has 1 aliphatic rings. The molecule has 6 heteroatoms. The first kappa shape index (κ1) is 23.4. The van der Waals surface area contributed by atoms with Crippen LogP contribution in [-0.2, 0) is 16.0 Å². The van der Waals surface area contributed by atoms with Crippen LogP contribution in [0.4, 0.5) is 0 Å². The van der Waals surface area contributed by atoms with E-state index in [0.29, 0.717) is 32.1 Å². The lowest BCUT2D eigenvalue weighted by atomic mass is 9.86. The second-order valence-electron chi connectivity index (χ2n) is 8.20. The number of thiophene rings is 1. The highest BCUT2D eigenvalue weighted by Gasteiger charge is 2.39. The molecule has 3 rings (SSSR count). The summed E-state index contributed by atoms with van der Waals surface area (Å²) in [4.78, 5) is 24.2. The Bertz CT molecular complexity index is 911. The van der Waals surface area contributed by atoms with Crippen molar-refractivity contribution in [3.05, 3.63) is 59.5 Å². The smallest absolute Gasteiger partial charge is 0.303 e. The summed E-state index contributed by atoms with van der Waals surface area (Å²) in [6.07, 6.45) is 9.75. The molecule has 2 aromatic rings. The lowest BCUT2D eigenvalue weighted by Gasteiger charge is -2.18. The van der Waals surface area contributed by atoms with Crippen molar-refractivity contribution in [2.45, 2.75) is 44.6 Å². The summed E-state index contributed by atoms with van der Waals surface area (Å²) in [6, 6.07) is 10.2. The number of Topliss-reactive ketones (excluding diaryl/α,β-unsaturated/α-hetero) is 1. The standard InChI is InChI=1S/C25H30O5S/c26-16-18-14-23(28)22(8-3-1-2-4-10-25(29)30)21(18)12-11-19(27)15-20-13-17-7-5-6-9-24(17)31-20/h1,3,5-7,9,11-13,18-19,21-22,26-27H,2,4,8,10,14-16H2,(H,29,30)/b3-1-,12-11+/t18-,19?,21-,22+/m0/s1. The zero-order valence-corrected chi connectivity index (χ0v) is 18.3. The second kappa shape index (κ2) is 11.4. The first-order valence-corrected chi connectivity index (χ1v) is 11.6. The third-order valence-electron chi connectivity index (χ3n) is 5.88. The minimum Gasteiger partial charge on any atom is -0.481 e. The van der Waals surface area contributed by atoms with Crippen molar-refractivity contribution in [2.24, 2.45) is 17.8 Å². The van der Waals surface area contributed by atoms with Crippen molar-refractivity contribution < 1.29 is 24.9 Å². The van der Waals surface area contributed by atoms with Gasteiger partial charge in [-0.1, -0.05) is 42.5 Å². The molecule has 1 fully saturated rings. The summed E-state index contributed by atoms with van der Waals surface area (Å²) in [5.74, 6) is -1.09. The van der Waals surface area contributed by atoms with E-state index >= 15 is 0 Å². The van der Waals surface area contributed by atoms with Crippen molar-refractivity contribution in [1.29, 1.82) is 0 Å². The topological polar surface area (TPSA) is 94.8 Å². The van der Waals surface area contributed by atoms with E-state index in [1.54, 1.807) is 17.4 Å². The van der Waals surface area contributed by atoms with Crippen LogP contribution in [-0.4, -0.2) is 39.8 Å². The number of hydrogen-bond donors (Lipinski definition) is 3. The van der Waals surface area contributed by atoms with E-state index in [-0.39, 0.29) is 36.6 Å². The molecule has 1 saturated carbocycles. The van der Waals surface area contributed by atoms with E-state index in [2.05, 4.69) is 18.2 Å². The van der Waals surface area contributed by atoms with Gasteiger partial charge >= 0.3 is 5.97 Å². The maximum Gasteiger partial charge on any atom is 0.303 e. The number of carbonyl (C=O) groups excluding carboxylic acids is 1. The van der Waals surface area contributed by atoms with Crippen LogP contribution in [0, 0.1) is 17.8 Å². The average Bonchev–Trinajstić information content (AvgIpc) is 3.28. The molecule has 1 aromatic carbocycles. The molecule has 1 heterocycles. The van der Waals surface area contributed by atoms with Crippen LogP contribution in [0.15, 0.2) is 54.6 Å². The van der Waals surface area contributed by atoms with Crippen molar-refractivity contribution in [2.75, 3.05) is 6.61 Å². The van der Waals surface area contributed by atoms with Gasteiger partial charge in [-0.3, -0.25) is 9.59 Å². The third-order valence-corrected chi connectivity index (χ3v) is 7.02. The summed E-state index contributed by atoms with van der Waals surface area (Å²) < 4.78 is 1.20. The fraction of sp³-hybridized carbons (Fsp3) is 0.440. The number of rotatable bonds is 11. The number of aliphatic carboxylic acids is 1. The van der Waals surface area contributed by atoms with Gasteiger partial charge in [-0.05, 0) is 48.6 Å². The normalized spacial score (nSPS) is 22.8. The highest BCUT2D eigenvalue weighted by molar-refractivity contribution is 7.19. The van der Waals surface area contributed by atoms with E-state index < -0.39 is 12.1 Å². The highest BCUT2D eigenvalue weighted by atomic mass is 32.1. The number of carboxylic acid groups (broad SMARTS) is 1. The number of fused-ring (bicyclic) bond motifs is 1. The van der Waals surface area contributed by atoms with E-state index in [4.69, 9.17) is 5.11 Å². The lowest BCUT2D eigenvalue weighted by molar-refractivity contribution is -0.137. The van der Waals surface area contributed by atoms with Gasteiger partial charge in [0.25, 0.3) is 0 Å². The quantitative estimate of drug-likeness (QED) is 0.355. The molecule has 166 valence electrons. The van der Waals surface area contributed by atoms with Gasteiger partial charge in [0.1, 0.15) is 5.78 Å². The predicted molar refractivity (Wildman–Crippen MR) is 123 cm³/mol. The number of benzene rings is 1. The van der Waals surface area contributed by atoms with Crippen LogP contribution in [0.1, 0.15) is 37.0 Å². The molecule has 1 aliphatic carbocycles. The predicted octanol–water partition coefficient (Wildman–Crippen LogP) is 4.38. The summed E-state index contributed by atoms with van der Waals surface area (Å²) in [7, 11) is 0. The molecule has 1 aromatic heterocycles. The SMILES string of the molecule is O=C(O)CCC/C=C\C[C@H]1C(=O)C[C@@H](CO)[C@@H]1/C=C/C(O)Cc1cc2ccccc2s1. The van der Waals surface area contributed by atoms with E-state index in [1.165, 1.54) is 10.1 Å². The Hall–Kier alpha value is -2.28. The fourth-order valence-corrected chi connectivity index (χ4v) is 5.37. The molecule has 0 spiro atoms. The Morgan fingerprint density at radius 2 is 2.06 bits per heavy atom. The molecular weight excluding hydrogens is 412 g/mol. The summed E-state index contributed by atoms with van der Waals surface area (Å²) in [5.41, 5.74) is 0. The van der Waals surface area contributed by atoms with E-state index in [0.717, 1.165) is 4.88 Å². The van der Waals surface area contributed by atoms with Crippen molar-refractivity contribution in [1.82, 2.24) is 0 Å². The van der Waals surface area contributed by atoms with Crippen LogP contribution in [0.2, 0.25) is 0 Å². The fourth-order valence-electron chi connectivity index (χ4n) is 4.26. The van der Waals surface area contributed by atoms with Gasteiger partial charge in [0.05, 0.1) is 6.10 Å². The lowest BCUT2D eigenvalue weighted by Crippen LogP contribution is -2.18. The van der Waals surface area contributed by atoms with Gasteiger partial charge in [0.2, 0.25) is 0 Å². The monoisotopic (exact) mass is 442 g/mol. The Kier molecular flexibility index (Phi) is 8.58. The van der Waals surface area contributed by atoms with Crippen LogP contribution < -0.4 is 0 Å². The Morgan fingerprint density at radius 1 is 1.26 bits per heavy atom. The maximum atomic E-state index is 12.5. The van der Waals surface area contributed by atoms with Gasteiger partial charge in [0, 0.05) is 41.4 Å². The van der Waals surface area contributed by atoms with Crippen molar-refractivity contribution >= 4 is 33.2 Å². The molecule has 0 radical (unpaired) electrons. The molecule has 1 unspecified atom stereocenters. The molecule has 0 aliphatic heterocycles. The molecule has 5 nitrogen and oxygen atoms in total. The number of carbonyl (C=O) groups is 2. The van der Waals surface area contributed by atoms with E-state index in [1.807, 2.05) is 30.4 Å². The minimum absolute atomic E-state index is 0.0496. The van der Waals surface area contributed by atoms with E-state index in [9.17, 15) is 19.8 Å². The van der Waals surface area contributed by atoms with Gasteiger partial charge in [-0.2, -0.15) is 0 Å². The van der Waals surface area contributed by atoms with Crippen LogP contribution in [0.3, 0.4) is 0 Å². The number of hydrogen-bond acceptors (Lipinski definition) is 5. The molecule has 4 atom stereocenters. The highest BCUT2D eigenvalue weighted by Crippen LogP contribution is 2.38. The molecule has 0 amide bonds. The number of aliphatic hydroxyl groups is 2. The number of ketones is 1. The zero-order valence-electron chi connectivity index (χ0n) is 17.5. The number of aliphatic hydroxyl groups excluding tert-OH is 2. The Morgan fingerprint density at radius 3 is 2.81 bits per heavy atom. The third kappa shape index (κ3) is 6.60. The average molecular weight is 443 g/mol. The number of carboxylic acids is 1. The van der Waals surface area contributed by atoms with Gasteiger partial charge in [-0.15, -0.1) is 11.3 Å². The van der Waals surface area contributed by atoms with Gasteiger partial charge in [0.15, 0.2) is 0 Å². The second-order valence-corrected chi connectivity index (χ2v) is 9.37. The summed E-state index contributed by atoms with van der Waals surface area (Å²) >= 11 is 1.68. The maximum absolute atomic E-state index is 12.5. The Labute approximate surface area is 186 Å². The van der Waals surface area contributed by atoms with Gasteiger partial charge < -0.3 is 15.3 Å². The number of allylic oxidation sites excluding steroid dienone is 3. The molecule has 0 bridgehead atoms. The minimum atomic E-state index is -0.801. The first-order chi connectivity index (χ1) is 15.0. The van der Waals surface area contributed by atoms with Crippen LogP contribution >= 0.6 is 11.3 Å².